The van der Waals surface area contributed by atoms with Crippen molar-refractivity contribution in [3.05, 3.63) is 186 Å². The molecular weight excluding hydrogens is 627 g/mol. The minimum Gasteiger partial charge on any atom is -0.440 e. The molecule has 0 N–H and O–H groups in total. The average molecular weight is 664 g/mol. The zero-order chi connectivity index (χ0) is 33.7. The Kier molecular flexibility index (Phi) is 7.30. The summed E-state index contributed by atoms with van der Waals surface area (Å²) in [6, 6.07) is 54.3. The molecule has 248 valence electrons. The maximum atomic E-state index is 6.40. The number of aromatic nitrogens is 2. The van der Waals surface area contributed by atoms with Gasteiger partial charge in [0.25, 0.3) is 0 Å². The fourth-order valence-electron chi connectivity index (χ4n) is 8.74. The van der Waals surface area contributed by atoms with Gasteiger partial charge in [0.15, 0.2) is 11.2 Å². The van der Waals surface area contributed by atoms with Crippen molar-refractivity contribution in [3.8, 4) is 11.1 Å². The van der Waals surface area contributed by atoms with Crippen LogP contribution in [-0.2, 0) is 0 Å². The van der Waals surface area contributed by atoms with Crippen LogP contribution in [0.15, 0.2) is 160 Å². The lowest BCUT2D eigenvalue weighted by Gasteiger charge is -2.46. The Morgan fingerprint density at radius 3 is 1.35 bits per heavy atom. The second-order valence-corrected chi connectivity index (χ2v) is 13.9. The number of benzene rings is 6. The molecule has 5 heteroatoms. The van der Waals surface area contributed by atoms with Gasteiger partial charge >= 0.3 is 0 Å². The highest BCUT2D eigenvalue weighted by Gasteiger charge is 2.40. The van der Waals surface area contributed by atoms with E-state index in [0.717, 1.165) is 59.7 Å². The zero-order valence-electron chi connectivity index (χ0n) is 28.2. The van der Waals surface area contributed by atoms with Gasteiger partial charge in [0.1, 0.15) is 11.0 Å². The van der Waals surface area contributed by atoms with E-state index in [1.807, 2.05) is 48.5 Å². The number of anilines is 1. The first-order valence-corrected chi connectivity index (χ1v) is 18.1. The summed E-state index contributed by atoms with van der Waals surface area (Å²) < 4.78 is 12.8. The molecule has 4 atom stereocenters. The first kappa shape index (κ1) is 29.9. The Morgan fingerprint density at radius 1 is 0.412 bits per heavy atom. The summed E-state index contributed by atoms with van der Waals surface area (Å²) >= 11 is 0. The van der Waals surface area contributed by atoms with Gasteiger partial charge in [-0.15, -0.1) is 0 Å². The second kappa shape index (κ2) is 12.4. The summed E-state index contributed by atoms with van der Waals surface area (Å²) in [6.45, 7) is 0. The molecule has 2 aliphatic rings. The molecule has 0 spiro atoms. The summed E-state index contributed by atoms with van der Waals surface area (Å²) in [5, 5.41) is 0. The molecule has 4 unspecified atom stereocenters. The molecule has 0 radical (unpaired) electrons. The fraction of sp³-hybridized carbons (Fsp3) is 0.174. The Labute approximate surface area is 297 Å². The molecule has 0 amide bonds. The fourth-order valence-corrected chi connectivity index (χ4v) is 8.74. The van der Waals surface area contributed by atoms with Gasteiger partial charge in [-0.1, -0.05) is 115 Å². The van der Waals surface area contributed by atoms with E-state index in [1.54, 1.807) is 0 Å². The Bertz CT molecular complexity index is 2280. The van der Waals surface area contributed by atoms with Crippen molar-refractivity contribution in [3.63, 3.8) is 0 Å². The van der Waals surface area contributed by atoms with E-state index < -0.39 is 0 Å². The van der Waals surface area contributed by atoms with Gasteiger partial charge in [-0.25, -0.2) is 9.97 Å². The third kappa shape index (κ3) is 5.23. The minimum atomic E-state index is 0.106. The van der Waals surface area contributed by atoms with Gasteiger partial charge in [-0.05, 0) is 95.5 Å². The Morgan fingerprint density at radius 2 is 0.843 bits per heavy atom. The van der Waals surface area contributed by atoms with Crippen LogP contribution in [0.1, 0.15) is 83.6 Å². The predicted octanol–water partition coefficient (Wildman–Crippen LogP) is 11.8. The van der Waals surface area contributed by atoms with Gasteiger partial charge in [-0.2, -0.15) is 0 Å². The lowest BCUT2D eigenvalue weighted by atomic mass is 9.75. The Hall–Kier alpha value is -5.94. The molecule has 2 aliphatic carbocycles. The molecule has 5 nitrogen and oxygen atoms in total. The van der Waals surface area contributed by atoms with Crippen molar-refractivity contribution < 1.29 is 8.83 Å². The van der Waals surface area contributed by atoms with E-state index in [9.17, 15) is 0 Å². The van der Waals surface area contributed by atoms with Crippen molar-refractivity contribution in [2.24, 2.45) is 0 Å². The number of hydrogen-bond acceptors (Lipinski definition) is 5. The third-order valence-corrected chi connectivity index (χ3v) is 11.1. The summed E-state index contributed by atoms with van der Waals surface area (Å²) in [5.41, 5.74) is 12.5. The van der Waals surface area contributed by atoms with Gasteiger partial charge in [0.05, 0.1) is 23.9 Å². The van der Waals surface area contributed by atoms with Gasteiger partial charge < -0.3 is 13.7 Å². The third-order valence-electron chi connectivity index (χ3n) is 11.1. The van der Waals surface area contributed by atoms with Gasteiger partial charge in [-0.3, -0.25) is 0 Å². The van der Waals surface area contributed by atoms with Crippen LogP contribution in [0.4, 0.5) is 5.69 Å². The summed E-state index contributed by atoms with van der Waals surface area (Å²) in [6.07, 6.45) is 3.86. The molecular formula is C46H37N3O2. The number of para-hydroxylation sites is 4. The first-order valence-electron chi connectivity index (χ1n) is 18.1. The molecule has 0 saturated heterocycles. The van der Waals surface area contributed by atoms with E-state index in [-0.39, 0.29) is 23.9 Å². The molecule has 0 fully saturated rings. The van der Waals surface area contributed by atoms with Gasteiger partial charge in [0, 0.05) is 5.69 Å². The van der Waals surface area contributed by atoms with Crippen molar-refractivity contribution >= 4 is 27.9 Å². The highest BCUT2D eigenvalue weighted by Crippen LogP contribution is 2.52. The van der Waals surface area contributed by atoms with Crippen LogP contribution in [0, 0.1) is 0 Å². The molecule has 2 heterocycles. The van der Waals surface area contributed by atoms with Crippen LogP contribution < -0.4 is 4.90 Å². The van der Waals surface area contributed by atoms with E-state index in [1.165, 1.54) is 39.1 Å². The SMILES string of the molecule is c1ccc(-c2ccc(N(C3CCC(c4nc5ccccc5o4)c4ccccc43)C3CCC(c4nc5ccccc5o4)c4ccccc43)cc2)cc1. The van der Waals surface area contributed by atoms with Crippen molar-refractivity contribution in [2.45, 2.75) is 49.6 Å². The van der Waals surface area contributed by atoms with E-state index in [2.05, 4.69) is 108 Å². The number of hydrogen-bond donors (Lipinski definition) is 0. The topological polar surface area (TPSA) is 55.3 Å². The smallest absolute Gasteiger partial charge is 0.203 e. The quantitative estimate of drug-likeness (QED) is 0.177. The van der Waals surface area contributed by atoms with Crippen LogP contribution in [0.25, 0.3) is 33.3 Å². The van der Waals surface area contributed by atoms with Crippen LogP contribution in [0.3, 0.4) is 0 Å². The van der Waals surface area contributed by atoms with Crippen LogP contribution in [-0.4, -0.2) is 9.97 Å². The van der Waals surface area contributed by atoms with Crippen LogP contribution in [0.5, 0.6) is 0 Å². The molecule has 10 rings (SSSR count). The highest BCUT2D eigenvalue weighted by atomic mass is 16.4. The summed E-state index contributed by atoms with van der Waals surface area (Å²) in [4.78, 5) is 12.7. The molecule has 0 bridgehead atoms. The largest absolute Gasteiger partial charge is 0.440 e. The lowest BCUT2D eigenvalue weighted by Crippen LogP contribution is -2.38. The molecule has 51 heavy (non-hydrogen) atoms. The van der Waals surface area contributed by atoms with Crippen LogP contribution >= 0.6 is 0 Å². The average Bonchev–Trinajstić information content (AvgIpc) is 3.83. The van der Waals surface area contributed by atoms with E-state index >= 15 is 0 Å². The number of fused-ring (bicyclic) bond motifs is 4. The second-order valence-electron chi connectivity index (χ2n) is 13.9. The van der Waals surface area contributed by atoms with Crippen molar-refractivity contribution in [2.75, 3.05) is 4.90 Å². The number of oxazole rings is 2. The monoisotopic (exact) mass is 663 g/mol. The molecule has 6 aromatic carbocycles. The lowest BCUT2D eigenvalue weighted by molar-refractivity contribution is 0.380. The maximum absolute atomic E-state index is 6.40. The van der Waals surface area contributed by atoms with Crippen molar-refractivity contribution in [1.82, 2.24) is 9.97 Å². The number of nitrogens with zero attached hydrogens (tertiary/aromatic N) is 3. The molecule has 2 aromatic heterocycles. The van der Waals surface area contributed by atoms with E-state index in [0.29, 0.717) is 0 Å². The Balaban J connectivity index is 1.08. The highest BCUT2D eigenvalue weighted by molar-refractivity contribution is 5.73. The van der Waals surface area contributed by atoms with E-state index in [4.69, 9.17) is 18.8 Å². The first-order chi connectivity index (χ1) is 25.3. The minimum absolute atomic E-state index is 0.106. The normalized spacial score (nSPS) is 19.8. The molecule has 0 saturated carbocycles. The molecule has 8 aromatic rings. The summed E-state index contributed by atoms with van der Waals surface area (Å²) in [7, 11) is 0. The predicted molar refractivity (Wildman–Crippen MR) is 203 cm³/mol. The van der Waals surface area contributed by atoms with Crippen LogP contribution in [0.2, 0.25) is 0 Å². The molecule has 0 aliphatic heterocycles. The maximum Gasteiger partial charge on any atom is 0.203 e. The van der Waals surface area contributed by atoms with Crippen molar-refractivity contribution in [1.29, 1.82) is 0 Å². The zero-order valence-corrected chi connectivity index (χ0v) is 28.2. The number of rotatable bonds is 6. The standard InChI is InChI=1S/C46H37N3O2/c1-2-12-30(13-3-1)31-22-24-32(25-23-31)49(41-28-26-37(33-14-4-6-16-35(33)41)45-47-39-18-8-10-20-43(39)50-45)42-29-27-38(34-15-5-7-17-36(34)42)46-48-40-19-9-11-21-44(40)51-46/h1-25,37-38,41-42H,26-29H2. The van der Waals surface area contributed by atoms with Gasteiger partial charge in [0.2, 0.25) is 11.8 Å². The summed E-state index contributed by atoms with van der Waals surface area (Å²) in [5.74, 6) is 1.83.